The number of aromatic amines is 1. The fraction of sp³-hybridized carbons (Fsp3) is 0.0667. The Morgan fingerprint density at radius 2 is 2.04 bits per heavy atom. The summed E-state index contributed by atoms with van der Waals surface area (Å²) in [7, 11) is 0. The first kappa shape index (κ1) is 17.2. The zero-order chi connectivity index (χ0) is 18.8. The summed E-state index contributed by atoms with van der Waals surface area (Å²) in [5.74, 6) is 0.749. The van der Waals surface area contributed by atoms with Crippen molar-refractivity contribution in [2.45, 2.75) is 6.54 Å². The highest BCUT2D eigenvalue weighted by molar-refractivity contribution is 6.43. The van der Waals surface area contributed by atoms with Gasteiger partial charge in [-0.15, -0.1) is 0 Å². The molecule has 0 atom stereocenters. The van der Waals surface area contributed by atoms with E-state index in [1.54, 1.807) is 30.5 Å². The number of hydrogen-bond donors (Lipinski definition) is 2. The second-order valence-corrected chi connectivity index (χ2v) is 6.12. The fourth-order valence-corrected chi connectivity index (χ4v) is 2.83. The standard InChI is InChI=1S/C15H11Cl2N9O/c16-10-4-1-5-11(12(10)17)25-14(22-23-24-25)19-7-9-3-2-6-18-13(9)26-15(27)20-8-21-26/h1-6,8H,7H2,(H,19,22,24)(H,20,21,27). The van der Waals surface area contributed by atoms with Gasteiger partial charge < -0.3 is 5.32 Å². The van der Waals surface area contributed by atoms with Gasteiger partial charge in [0.05, 0.1) is 15.7 Å². The zero-order valence-corrected chi connectivity index (χ0v) is 15.1. The fourth-order valence-electron chi connectivity index (χ4n) is 2.46. The van der Waals surface area contributed by atoms with Gasteiger partial charge in [0.15, 0.2) is 5.82 Å². The number of tetrazole rings is 1. The highest BCUT2D eigenvalue weighted by Crippen LogP contribution is 2.29. The van der Waals surface area contributed by atoms with Crippen LogP contribution in [0.4, 0.5) is 5.95 Å². The molecular weight excluding hydrogens is 393 g/mol. The van der Waals surface area contributed by atoms with E-state index in [1.807, 2.05) is 6.07 Å². The van der Waals surface area contributed by atoms with Crippen molar-refractivity contribution in [1.29, 1.82) is 0 Å². The van der Waals surface area contributed by atoms with Crippen LogP contribution in [0.2, 0.25) is 10.0 Å². The molecule has 0 amide bonds. The number of benzene rings is 1. The summed E-state index contributed by atoms with van der Waals surface area (Å²) >= 11 is 12.3. The number of rotatable bonds is 5. The summed E-state index contributed by atoms with van der Waals surface area (Å²) in [6.45, 7) is 0.293. The number of nitrogens with zero attached hydrogens (tertiary/aromatic N) is 7. The summed E-state index contributed by atoms with van der Waals surface area (Å²) in [5.41, 5.74) is 0.871. The molecule has 12 heteroatoms. The molecule has 0 unspecified atom stereocenters. The van der Waals surface area contributed by atoms with Gasteiger partial charge in [-0.1, -0.05) is 40.4 Å². The summed E-state index contributed by atoms with van der Waals surface area (Å²) in [5, 5.41) is 19.4. The number of halogens is 2. The monoisotopic (exact) mass is 403 g/mol. The van der Waals surface area contributed by atoms with Crippen molar-refractivity contribution >= 4 is 29.2 Å². The summed E-state index contributed by atoms with van der Waals surface area (Å²) in [4.78, 5) is 18.5. The average Bonchev–Trinajstić information content (AvgIpc) is 3.31. The van der Waals surface area contributed by atoms with E-state index in [0.717, 1.165) is 5.56 Å². The molecule has 0 aliphatic carbocycles. The molecule has 3 aromatic heterocycles. The minimum absolute atomic E-state index is 0.293. The Labute approximate surface area is 161 Å². The maximum atomic E-state index is 11.8. The maximum Gasteiger partial charge on any atom is 0.349 e. The predicted molar refractivity (Wildman–Crippen MR) is 98.5 cm³/mol. The van der Waals surface area contributed by atoms with Crippen molar-refractivity contribution in [2.75, 3.05) is 5.32 Å². The summed E-state index contributed by atoms with van der Waals surface area (Å²) in [6, 6.07) is 8.74. The van der Waals surface area contributed by atoms with E-state index in [1.165, 1.54) is 15.7 Å². The number of pyridine rings is 1. The molecule has 3 heterocycles. The first-order valence-electron chi connectivity index (χ1n) is 7.69. The summed E-state index contributed by atoms with van der Waals surface area (Å²) in [6.07, 6.45) is 2.88. The van der Waals surface area contributed by atoms with E-state index >= 15 is 0 Å². The van der Waals surface area contributed by atoms with Gasteiger partial charge in [0.1, 0.15) is 6.33 Å². The maximum absolute atomic E-state index is 11.8. The molecule has 0 radical (unpaired) electrons. The van der Waals surface area contributed by atoms with Crippen LogP contribution in [-0.2, 0) is 6.54 Å². The molecular formula is C15H11Cl2N9O. The lowest BCUT2D eigenvalue weighted by Gasteiger charge is -2.11. The van der Waals surface area contributed by atoms with Gasteiger partial charge in [-0.25, -0.2) is 9.78 Å². The number of nitrogens with one attached hydrogen (secondary N) is 2. The molecule has 0 aliphatic heterocycles. The Hall–Kier alpha value is -3.24. The zero-order valence-electron chi connectivity index (χ0n) is 13.5. The quantitative estimate of drug-likeness (QED) is 0.521. The van der Waals surface area contributed by atoms with E-state index in [-0.39, 0.29) is 5.69 Å². The van der Waals surface area contributed by atoms with Crippen LogP contribution in [0.5, 0.6) is 0 Å². The highest BCUT2D eigenvalue weighted by Gasteiger charge is 2.15. The molecule has 0 spiro atoms. The van der Waals surface area contributed by atoms with Gasteiger partial charge in [-0.3, -0.25) is 4.98 Å². The van der Waals surface area contributed by atoms with Crippen molar-refractivity contribution in [2.24, 2.45) is 0 Å². The van der Waals surface area contributed by atoms with Crippen molar-refractivity contribution in [3.63, 3.8) is 0 Å². The molecule has 1 aromatic carbocycles. The van der Waals surface area contributed by atoms with E-state index in [9.17, 15) is 4.79 Å². The number of anilines is 1. The second-order valence-electron chi connectivity index (χ2n) is 5.33. The minimum Gasteiger partial charge on any atom is -0.349 e. The van der Waals surface area contributed by atoms with Crippen LogP contribution in [0.15, 0.2) is 47.7 Å². The molecule has 4 aromatic rings. The molecule has 0 fully saturated rings. The van der Waals surface area contributed by atoms with Gasteiger partial charge in [0.25, 0.3) is 0 Å². The molecule has 4 rings (SSSR count). The van der Waals surface area contributed by atoms with Crippen molar-refractivity contribution in [1.82, 2.24) is 40.0 Å². The van der Waals surface area contributed by atoms with Gasteiger partial charge in [-0.2, -0.15) is 14.5 Å². The van der Waals surface area contributed by atoms with Crippen molar-refractivity contribution < 1.29 is 0 Å². The van der Waals surface area contributed by atoms with Gasteiger partial charge in [0.2, 0.25) is 5.95 Å². The first-order chi connectivity index (χ1) is 13.1. The molecule has 0 saturated carbocycles. The molecule has 0 saturated heterocycles. The van der Waals surface area contributed by atoms with E-state index in [0.29, 0.717) is 34.0 Å². The first-order valence-corrected chi connectivity index (χ1v) is 8.44. The van der Waals surface area contributed by atoms with Gasteiger partial charge in [0, 0.05) is 18.3 Å². The predicted octanol–water partition coefficient (Wildman–Crippen LogP) is 1.85. The molecule has 10 nitrogen and oxygen atoms in total. The van der Waals surface area contributed by atoms with Gasteiger partial charge in [-0.05, 0) is 28.6 Å². The van der Waals surface area contributed by atoms with Crippen LogP contribution in [0, 0.1) is 0 Å². The third-order valence-electron chi connectivity index (χ3n) is 3.69. The van der Waals surface area contributed by atoms with Crippen LogP contribution >= 0.6 is 23.2 Å². The Morgan fingerprint density at radius 1 is 1.15 bits per heavy atom. The normalized spacial score (nSPS) is 10.9. The van der Waals surface area contributed by atoms with Crippen LogP contribution in [0.25, 0.3) is 11.5 Å². The Bertz CT molecular complexity index is 1150. The average molecular weight is 404 g/mol. The molecule has 0 aliphatic rings. The Kier molecular flexibility index (Phi) is 4.57. The lowest BCUT2D eigenvalue weighted by Crippen LogP contribution is -2.20. The Morgan fingerprint density at radius 3 is 2.85 bits per heavy atom. The van der Waals surface area contributed by atoms with Crippen LogP contribution in [-0.4, -0.2) is 40.0 Å². The number of hydrogen-bond acceptors (Lipinski definition) is 7. The third-order valence-corrected chi connectivity index (χ3v) is 4.50. The summed E-state index contributed by atoms with van der Waals surface area (Å²) < 4.78 is 2.61. The van der Waals surface area contributed by atoms with E-state index in [4.69, 9.17) is 23.2 Å². The SMILES string of the molecule is O=c1[nH]cnn1-c1ncccc1CNc1nnnn1-c1cccc(Cl)c1Cl. The van der Waals surface area contributed by atoms with E-state index < -0.39 is 0 Å². The van der Waals surface area contributed by atoms with Crippen LogP contribution in [0.3, 0.4) is 0 Å². The van der Waals surface area contributed by atoms with Crippen LogP contribution < -0.4 is 11.0 Å². The number of H-pyrrole nitrogens is 1. The van der Waals surface area contributed by atoms with Gasteiger partial charge >= 0.3 is 5.69 Å². The second kappa shape index (κ2) is 7.17. The minimum atomic E-state index is -0.384. The lowest BCUT2D eigenvalue weighted by atomic mass is 10.2. The van der Waals surface area contributed by atoms with E-state index in [2.05, 4.69) is 35.9 Å². The number of aromatic nitrogens is 8. The van der Waals surface area contributed by atoms with Crippen LogP contribution in [0.1, 0.15) is 5.56 Å². The highest BCUT2D eigenvalue weighted by atomic mass is 35.5. The molecule has 136 valence electrons. The van der Waals surface area contributed by atoms with Crippen molar-refractivity contribution in [3.8, 4) is 11.5 Å². The third kappa shape index (κ3) is 3.27. The smallest absolute Gasteiger partial charge is 0.349 e. The lowest BCUT2D eigenvalue weighted by molar-refractivity contribution is 0.785. The molecule has 27 heavy (non-hydrogen) atoms. The molecule has 2 N–H and O–H groups in total. The topological polar surface area (TPSA) is 119 Å². The largest absolute Gasteiger partial charge is 0.349 e. The Balaban J connectivity index is 1.64. The van der Waals surface area contributed by atoms with Crippen molar-refractivity contribution in [3.05, 3.63) is 68.9 Å². The molecule has 0 bridgehead atoms.